The molecule has 1 aromatic heterocycles. The number of aromatic nitrogens is 1. The number of hydrogen-bond acceptors (Lipinski definition) is 4. The molecule has 0 radical (unpaired) electrons. The van der Waals surface area contributed by atoms with Crippen molar-refractivity contribution in [3.05, 3.63) is 53.9 Å². The molecule has 0 spiro atoms. The Bertz CT molecular complexity index is 661. The summed E-state index contributed by atoms with van der Waals surface area (Å²) in [6, 6.07) is 9.55. The molecular weight excluding hydrogens is 294 g/mol. The largest absolute Gasteiger partial charge is 0.454 e. The van der Waals surface area contributed by atoms with Crippen LogP contribution in [-0.4, -0.2) is 30.9 Å². The van der Waals surface area contributed by atoms with E-state index in [1.165, 1.54) is 0 Å². The molecule has 0 saturated heterocycles. The SMILES string of the molecule is O=C(NCCc1cccnc1)NCCc1ccc2c(c1)OCO2. The van der Waals surface area contributed by atoms with Gasteiger partial charge in [0.1, 0.15) is 0 Å². The first-order chi connectivity index (χ1) is 11.3. The van der Waals surface area contributed by atoms with Crippen LogP contribution in [0.1, 0.15) is 11.1 Å². The molecule has 0 unspecified atom stereocenters. The number of urea groups is 1. The summed E-state index contributed by atoms with van der Waals surface area (Å²) in [4.78, 5) is 15.8. The van der Waals surface area contributed by atoms with Crippen molar-refractivity contribution in [1.29, 1.82) is 0 Å². The lowest BCUT2D eigenvalue weighted by Crippen LogP contribution is -2.37. The number of amides is 2. The van der Waals surface area contributed by atoms with E-state index in [-0.39, 0.29) is 12.8 Å². The number of carbonyl (C=O) groups is 1. The third kappa shape index (κ3) is 4.35. The average molecular weight is 313 g/mol. The molecule has 2 heterocycles. The van der Waals surface area contributed by atoms with E-state index < -0.39 is 0 Å². The van der Waals surface area contributed by atoms with Gasteiger partial charge in [-0.25, -0.2) is 4.79 Å². The van der Waals surface area contributed by atoms with E-state index in [0.717, 1.165) is 35.5 Å². The molecule has 2 aromatic rings. The summed E-state index contributed by atoms with van der Waals surface area (Å²) in [5.41, 5.74) is 2.21. The molecule has 3 rings (SSSR count). The molecule has 1 aromatic carbocycles. The monoisotopic (exact) mass is 313 g/mol. The molecule has 2 N–H and O–H groups in total. The normalized spacial score (nSPS) is 12.0. The van der Waals surface area contributed by atoms with E-state index in [1.807, 2.05) is 30.3 Å². The standard InChI is InChI=1S/C17H19N3O3/c21-17(20-9-6-14-2-1-7-18-11-14)19-8-5-13-3-4-15-16(10-13)23-12-22-15/h1-4,7,10-11H,5-6,8-9,12H2,(H2,19,20,21). The van der Waals surface area contributed by atoms with Crippen LogP contribution in [0.2, 0.25) is 0 Å². The van der Waals surface area contributed by atoms with Gasteiger partial charge in [-0.3, -0.25) is 4.98 Å². The summed E-state index contributed by atoms with van der Waals surface area (Å²) in [7, 11) is 0. The molecule has 6 nitrogen and oxygen atoms in total. The predicted molar refractivity (Wildman–Crippen MR) is 85.6 cm³/mol. The summed E-state index contributed by atoms with van der Waals surface area (Å²) in [6.07, 6.45) is 5.05. The zero-order valence-electron chi connectivity index (χ0n) is 12.7. The third-order valence-corrected chi connectivity index (χ3v) is 3.56. The van der Waals surface area contributed by atoms with E-state index in [4.69, 9.17) is 9.47 Å². The van der Waals surface area contributed by atoms with Crippen molar-refractivity contribution >= 4 is 6.03 Å². The number of fused-ring (bicyclic) bond motifs is 1. The summed E-state index contributed by atoms with van der Waals surface area (Å²) >= 11 is 0. The maximum Gasteiger partial charge on any atom is 0.314 e. The van der Waals surface area contributed by atoms with Gasteiger partial charge in [-0.1, -0.05) is 12.1 Å². The van der Waals surface area contributed by atoms with Crippen LogP contribution in [0.25, 0.3) is 0 Å². The molecular formula is C17H19N3O3. The minimum atomic E-state index is -0.158. The lowest BCUT2D eigenvalue weighted by molar-refractivity contribution is 0.174. The molecule has 0 aliphatic carbocycles. The Labute approximate surface area is 134 Å². The van der Waals surface area contributed by atoms with Crippen molar-refractivity contribution in [1.82, 2.24) is 15.6 Å². The number of rotatable bonds is 6. The third-order valence-electron chi connectivity index (χ3n) is 3.56. The average Bonchev–Trinajstić information content (AvgIpc) is 3.03. The van der Waals surface area contributed by atoms with Gasteiger partial charge in [0.2, 0.25) is 6.79 Å². The quantitative estimate of drug-likeness (QED) is 0.854. The summed E-state index contributed by atoms with van der Waals surface area (Å²) in [5, 5.41) is 5.68. The molecule has 1 aliphatic rings. The topological polar surface area (TPSA) is 72.5 Å². The van der Waals surface area contributed by atoms with Gasteiger partial charge in [-0.2, -0.15) is 0 Å². The van der Waals surface area contributed by atoms with Gasteiger partial charge in [0.05, 0.1) is 0 Å². The number of pyridine rings is 1. The van der Waals surface area contributed by atoms with Crippen molar-refractivity contribution in [2.24, 2.45) is 0 Å². The van der Waals surface area contributed by atoms with E-state index in [1.54, 1.807) is 12.4 Å². The molecule has 0 bridgehead atoms. The van der Waals surface area contributed by atoms with Crippen LogP contribution in [0.3, 0.4) is 0 Å². The highest BCUT2D eigenvalue weighted by Crippen LogP contribution is 2.32. The number of ether oxygens (including phenoxy) is 2. The number of benzene rings is 1. The molecule has 0 saturated carbocycles. The molecule has 120 valence electrons. The Morgan fingerprint density at radius 1 is 1.04 bits per heavy atom. The molecule has 0 fully saturated rings. The van der Waals surface area contributed by atoms with Crippen LogP contribution in [0.5, 0.6) is 11.5 Å². The van der Waals surface area contributed by atoms with Crippen molar-refractivity contribution < 1.29 is 14.3 Å². The number of nitrogens with zero attached hydrogens (tertiary/aromatic N) is 1. The van der Waals surface area contributed by atoms with Crippen LogP contribution >= 0.6 is 0 Å². The molecule has 6 heteroatoms. The fourth-order valence-electron chi connectivity index (χ4n) is 2.35. The summed E-state index contributed by atoms with van der Waals surface area (Å²) < 4.78 is 10.6. The van der Waals surface area contributed by atoms with Crippen molar-refractivity contribution in [2.75, 3.05) is 19.9 Å². The van der Waals surface area contributed by atoms with Gasteiger partial charge in [-0.05, 0) is 42.2 Å². The van der Waals surface area contributed by atoms with Gasteiger partial charge in [0.25, 0.3) is 0 Å². The fraction of sp³-hybridized carbons (Fsp3) is 0.294. The zero-order chi connectivity index (χ0) is 15.9. The number of carbonyl (C=O) groups excluding carboxylic acids is 1. The lowest BCUT2D eigenvalue weighted by Gasteiger charge is -2.08. The fourth-order valence-corrected chi connectivity index (χ4v) is 2.35. The Morgan fingerprint density at radius 2 is 1.83 bits per heavy atom. The first-order valence-corrected chi connectivity index (χ1v) is 7.60. The lowest BCUT2D eigenvalue weighted by atomic mass is 10.1. The highest BCUT2D eigenvalue weighted by molar-refractivity contribution is 5.73. The number of nitrogens with one attached hydrogen (secondary N) is 2. The number of hydrogen-bond donors (Lipinski definition) is 2. The second-order valence-electron chi connectivity index (χ2n) is 5.23. The van der Waals surface area contributed by atoms with Gasteiger partial charge in [0, 0.05) is 25.5 Å². The van der Waals surface area contributed by atoms with Crippen LogP contribution in [0.4, 0.5) is 4.79 Å². The van der Waals surface area contributed by atoms with Crippen LogP contribution in [0, 0.1) is 0 Å². The molecule has 2 amide bonds. The zero-order valence-corrected chi connectivity index (χ0v) is 12.7. The van der Waals surface area contributed by atoms with Crippen LogP contribution < -0.4 is 20.1 Å². The summed E-state index contributed by atoms with van der Waals surface area (Å²) in [6.45, 7) is 1.43. The smallest absolute Gasteiger partial charge is 0.314 e. The van der Waals surface area contributed by atoms with Gasteiger partial charge in [-0.15, -0.1) is 0 Å². The minimum Gasteiger partial charge on any atom is -0.454 e. The van der Waals surface area contributed by atoms with Crippen molar-refractivity contribution in [2.45, 2.75) is 12.8 Å². The maximum atomic E-state index is 11.7. The Morgan fingerprint density at radius 3 is 2.61 bits per heavy atom. The van der Waals surface area contributed by atoms with Gasteiger partial charge in [0.15, 0.2) is 11.5 Å². The minimum absolute atomic E-state index is 0.158. The van der Waals surface area contributed by atoms with Crippen molar-refractivity contribution in [3.8, 4) is 11.5 Å². The van der Waals surface area contributed by atoms with Gasteiger partial charge >= 0.3 is 6.03 Å². The second-order valence-corrected chi connectivity index (χ2v) is 5.23. The molecule has 23 heavy (non-hydrogen) atoms. The molecule has 0 atom stereocenters. The van der Waals surface area contributed by atoms with Crippen LogP contribution in [-0.2, 0) is 12.8 Å². The maximum absolute atomic E-state index is 11.7. The molecule has 1 aliphatic heterocycles. The Balaban J connectivity index is 1.34. The summed E-state index contributed by atoms with van der Waals surface area (Å²) in [5.74, 6) is 1.54. The highest BCUT2D eigenvalue weighted by atomic mass is 16.7. The van der Waals surface area contributed by atoms with Crippen molar-refractivity contribution in [3.63, 3.8) is 0 Å². The van der Waals surface area contributed by atoms with E-state index in [9.17, 15) is 4.79 Å². The van der Waals surface area contributed by atoms with E-state index >= 15 is 0 Å². The highest BCUT2D eigenvalue weighted by Gasteiger charge is 2.12. The van der Waals surface area contributed by atoms with E-state index in [2.05, 4.69) is 15.6 Å². The first kappa shape index (κ1) is 15.1. The van der Waals surface area contributed by atoms with E-state index in [0.29, 0.717) is 13.1 Å². The first-order valence-electron chi connectivity index (χ1n) is 7.60. The Kier molecular flexibility index (Phi) is 4.93. The predicted octanol–water partition coefficient (Wildman–Crippen LogP) is 1.89. The van der Waals surface area contributed by atoms with Crippen LogP contribution in [0.15, 0.2) is 42.7 Å². The second kappa shape index (κ2) is 7.49. The van der Waals surface area contributed by atoms with Gasteiger partial charge < -0.3 is 20.1 Å². The Hall–Kier alpha value is -2.76.